The molecule has 2 fully saturated rings. The van der Waals surface area contributed by atoms with Gasteiger partial charge in [0.15, 0.2) is 6.67 Å². The van der Waals surface area contributed by atoms with E-state index in [0.717, 1.165) is 27.9 Å². The van der Waals surface area contributed by atoms with Crippen LogP contribution in [-0.4, -0.2) is 51.8 Å². The molecule has 0 radical (unpaired) electrons. The molecule has 2 aromatic rings. The molecule has 4 rings (SSSR count). The van der Waals surface area contributed by atoms with Crippen LogP contribution in [0, 0.1) is 0 Å². The number of rotatable bonds is 8. The first kappa shape index (κ1) is 22.3. The van der Waals surface area contributed by atoms with Gasteiger partial charge in [0.25, 0.3) is 0 Å². The average Bonchev–Trinajstić information content (AvgIpc) is 3.11. The summed E-state index contributed by atoms with van der Waals surface area (Å²) in [6.07, 6.45) is 10.2. The number of hydrogen-bond acceptors (Lipinski definition) is 6. The third-order valence-electron chi connectivity index (χ3n) is 6.68. The molecule has 1 aliphatic heterocycles. The standard InChI is InChI=1S/C23H35BrN7/c1-2-31(15-7-8-16-31)17-25-21-28-22(26-19-9-5-3-4-6-10-19)30-23(29-21)27-20-13-11-18(24)12-14-20/h11-14,19H,2-10,15-17H2,1H3,(H3,25,26,27,28,29,30)/q+1. The number of quaternary nitrogens is 1. The van der Waals surface area contributed by atoms with Crippen LogP contribution in [0.15, 0.2) is 28.7 Å². The van der Waals surface area contributed by atoms with Crippen molar-refractivity contribution in [3.05, 3.63) is 28.7 Å². The van der Waals surface area contributed by atoms with Crippen LogP contribution in [0.3, 0.4) is 0 Å². The number of halogens is 1. The molecule has 1 aromatic carbocycles. The molecule has 2 aliphatic rings. The van der Waals surface area contributed by atoms with Crippen molar-refractivity contribution in [1.82, 2.24) is 15.0 Å². The Labute approximate surface area is 194 Å². The maximum Gasteiger partial charge on any atom is 0.233 e. The normalized spacial score (nSPS) is 19.0. The van der Waals surface area contributed by atoms with E-state index in [0.29, 0.717) is 23.9 Å². The first-order valence-corrected chi connectivity index (χ1v) is 12.6. The molecule has 1 aromatic heterocycles. The zero-order chi connectivity index (χ0) is 21.5. The third kappa shape index (κ3) is 6.29. The van der Waals surface area contributed by atoms with E-state index in [1.165, 1.54) is 64.5 Å². The van der Waals surface area contributed by atoms with Gasteiger partial charge in [-0.05, 0) is 44.0 Å². The topological polar surface area (TPSA) is 74.8 Å². The van der Waals surface area contributed by atoms with E-state index in [9.17, 15) is 0 Å². The van der Waals surface area contributed by atoms with Crippen molar-refractivity contribution < 1.29 is 4.48 Å². The molecule has 8 heteroatoms. The Kier molecular flexibility index (Phi) is 7.61. The predicted octanol–water partition coefficient (Wildman–Crippen LogP) is 5.51. The van der Waals surface area contributed by atoms with Crippen molar-refractivity contribution in [3.8, 4) is 0 Å². The largest absolute Gasteiger partial charge is 0.351 e. The monoisotopic (exact) mass is 488 g/mol. The van der Waals surface area contributed by atoms with Crippen molar-refractivity contribution in [1.29, 1.82) is 0 Å². The van der Waals surface area contributed by atoms with Gasteiger partial charge in [-0.2, -0.15) is 15.0 Å². The van der Waals surface area contributed by atoms with Crippen molar-refractivity contribution in [3.63, 3.8) is 0 Å². The van der Waals surface area contributed by atoms with E-state index in [4.69, 9.17) is 9.97 Å². The molecule has 31 heavy (non-hydrogen) atoms. The highest BCUT2D eigenvalue weighted by Crippen LogP contribution is 2.23. The fourth-order valence-electron chi connectivity index (χ4n) is 4.67. The number of anilines is 4. The Morgan fingerprint density at radius 1 is 0.871 bits per heavy atom. The summed E-state index contributed by atoms with van der Waals surface area (Å²) in [5, 5.41) is 10.5. The molecule has 0 atom stereocenters. The lowest BCUT2D eigenvalue weighted by Crippen LogP contribution is -2.48. The Morgan fingerprint density at radius 2 is 1.52 bits per heavy atom. The number of aromatic nitrogens is 3. The van der Waals surface area contributed by atoms with Crippen molar-refractivity contribution in [2.24, 2.45) is 0 Å². The van der Waals surface area contributed by atoms with Crippen LogP contribution in [0.25, 0.3) is 0 Å². The van der Waals surface area contributed by atoms with E-state index in [-0.39, 0.29) is 0 Å². The Morgan fingerprint density at radius 3 is 2.19 bits per heavy atom. The molecule has 7 nitrogen and oxygen atoms in total. The quantitative estimate of drug-likeness (QED) is 0.335. The second kappa shape index (κ2) is 10.6. The summed E-state index contributed by atoms with van der Waals surface area (Å²) < 4.78 is 2.14. The van der Waals surface area contributed by atoms with Gasteiger partial charge in [0.05, 0.1) is 19.6 Å². The lowest BCUT2D eigenvalue weighted by Gasteiger charge is -2.32. The average molecular weight is 489 g/mol. The highest BCUT2D eigenvalue weighted by atomic mass is 79.9. The smallest absolute Gasteiger partial charge is 0.233 e. The highest BCUT2D eigenvalue weighted by molar-refractivity contribution is 9.10. The van der Waals surface area contributed by atoms with Gasteiger partial charge in [-0.1, -0.05) is 41.6 Å². The molecule has 0 unspecified atom stereocenters. The van der Waals surface area contributed by atoms with Crippen LogP contribution < -0.4 is 16.0 Å². The summed E-state index contributed by atoms with van der Waals surface area (Å²) in [5.74, 6) is 1.87. The summed E-state index contributed by atoms with van der Waals surface area (Å²) in [7, 11) is 0. The van der Waals surface area contributed by atoms with Gasteiger partial charge in [-0.3, -0.25) is 0 Å². The van der Waals surface area contributed by atoms with E-state index in [1.807, 2.05) is 24.3 Å². The number of nitrogens with zero attached hydrogens (tertiary/aromatic N) is 4. The zero-order valence-corrected chi connectivity index (χ0v) is 20.1. The molecular weight excluding hydrogens is 454 g/mol. The number of benzene rings is 1. The fourth-order valence-corrected chi connectivity index (χ4v) is 4.94. The van der Waals surface area contributed by atoms with Crippen LogP contribution >= 0.6 is 15.9 Å². The van der Waals surface area contributed by atoms with Crippen molar-refractivity contribution in [2.45, 2.75) is 64.3 Å². The van der Waals surface area contributed by atoms with Gasteiger partial charge in [0, 0.05) is 29.0 Å². The summed E-state index contributed by atoms with van der Waals surface area (Å²) in [5.41, 5.74) is 0.956. The fraction of sp³-hybridized carbons (Fsp3) is 0.609. The summed E-state index contributed by atoms with van der Waals surface area (Å²) in [4.78, 5) is 14.1. The van der Waals surface area contributed by atoms with Crippen molar-refractivity contribution in [2.75, 3.05) is 42.3 Å². The molecular formula is C23H35BrN7+. The maximum absolute atomic E-state index is 4.74. The minimum absolute atomic E-state index is 0.436. The van der Waals surface area contributed by atoms with Gasteiger partial charge >= 0.3 is 0 Å². The van der Waals surface area contributed by atoms with Gasteiger partial charge in [0.2, 0.25) is 17.8 Å². The lowest BCUT2D eigenvalue weighted by molar-refractivity contribution is -0.911. The van der Waals surface area contributed by atoms with Gasteiger partial charge < -0.3 is 20.4 Å². The van der Waals surface area contributed by atoms with Gasteiger partial charge in [-0.25, -0.2) is 0 Å². The lowest BCUT2D eigenvalue weighted by atomic mass is 10.1. The second-order valence-electron chi connectivity index (χ2n) is 8.92. The van der Waals surface area contributed by atoms with Crippen LogP contribution in [0.2, 0.25) is 0 Å². The highest BCUT2D eigenvalue weighted by Gasteiger charge is 2.30. The number of hydrogen-bond donors (Lipinski definition) is 3. The number of likely N-dealkylation sites (tertiary alicyclic amines) is 1. The Bertz CT molecular complexity index is 828. The molecule has 3 N–H and O–H groups in total. The van der Waals surface area contributed by atoms with Crippen LogP contribution in [0.4, 0.5) is 23.5 Å². The first-order valence-electron chi connectivity index (χ1n) is 11.8. The van der Waals surface area contributed by atoms with E-state index in [1.54, 1.807) is 0 Å². The molecule has 0 bridgehead atoms. The van der Waals surface area contributed by atoms with E-state index in [2.05, 4.69) is 43.8 Å². The molecule has 1 aliphatic carbocycles. The molecule has 2 heterocycles. The first-order chi connectivity index (χ1) is 15.1. The number of nitrogens with one attached hydrogen (secondary N) is 3. The van der Waals surface area contributed by atoms with Crippen LogP contribution in [0.1, 0.15) is 58.3 Å². The SMILES string of the molecule is CC[N+]1(CNc2nc(Nc3ccc(Br)cc3)nc(NC3CCCCCC3)n2)CCCC1. The Hall–Kier alpha value is -1.93. The predicted molar refractivity (Wildman–Crippen MR) is 131 cm³/mol. The molecule has 1 saturated carbocycles. The van der Waals surface area contributed by atoms with Crippen LogP contribution in [0.5, 0.6) is 0 Å². The van der Waals surface area contributed by atoms with Gasteiger partial charge in [-0.15, -0.1) is 0 Å². The summed E-state index contributed by atoms with van der Waals surface area (Å²) in [6.45, 7) is 6.73. The second-order valence-corrected chi connectivity index (χ2v) is 9.83. The minimum atomic E-state index is 0.436. The zero-order valence-electron chi connectivity index (χ0n) is 18.5. The van der Waals surface area contributed by atoms with E-state index >= 15 is 0 Å². The van der Waals surface area contributed by atoms with Crippen molar-refractivity contribution >= 4 is 39.5 Å². The minimum Gasteiger partial charge on any atom is -0.351 e. The maximum atomic E-state index is 4.74. The molecule has 1 saturated heterocycles. The molecule has 0 spiro atoms. The summed E-state index contributed by atoms with van der Waals surface area (Å²) >= 11 is 3.49. The van der Waals surface area contributed by atoms with E-state index < -0.39 is 0 Å². The molecule has 168 valence electrons. The Balaban J connectivity index is 1.52. The molecule has 0 amide bonds. The summed E-state index contributed by atoms with van der Waals surface area (Å²) in [6, 6.07) is 8.49. The third-order valence-corrected chi connectivity index (χ3v) is 7.21. The van der Waals surface area contributed by atoms with Crippen LogP contribution in [-0.2, 0) is 0 Å². The van der Waals surface area contributed by atoms with Gasteiger partial charge in [0.1, 0.15) is 0 Å².